The van der Waals surface area contributed by atoms with E-state index in [0.717, 1.165) is 13.4 Å². The molecular weight excluding hydrogens is 258 g/mol. The molecule has 1 amide bonds. The van der Waals surface area contributed by atoms with Gasteiger partial charge in [-0.15, -0.1) is 0 Å². The van der Waals surface area contributed by atoms with Gasteiger partial charge in [0.15, 0.2) is 6.29 Å². The molecule has 5 heteroatoms. The number of hydrogen-bond acceptors (Lipinski definition) is 4. The van der Waals surface area contributed by atoms with Gasteiger partial charge < -0.3 is 14.8 Å². The molecule has 0 bridgehead atoms. The second kappa shape index (κ2) is 17.0. The Balaban J connectivity index is -0.000000656. The molecule has 0 saturated heterocycles. The van der Waals surface area contributed by atoms with Crippen molar-refractivity contribution in [1.29, 1.82) is 0 Å². The number of aliphatic hydroxyl groups is 1. The van der Waals surface area contributed by atoms with Crippen LogP contribution in [-0.2, 0) is 14.4 Å². The molecule has 0 spiro atoms. The number of carbonyl (C=O) groups excluding carboxylic acids is 3. The number of aliphatic hydroxyl groups excluding tert-OH is 1. The summed E-state index contributed by atoms with van der Waals surface area (Å²) in [6.07, 6.45) is 4.16. The van der Waals surface area contributed by atoms with Crippen LogP contribution in [0.1, 0.15) is 20.3 Å². The Hall–Kier alpha value is -2.01. The van der Waals surface area contributed by atoms with Gasteiger partial charge in [-0.1, -0.05) is 39.2 Å². The predicted octanol–water partition coefficient (Wildman–Crippen LogP) is 1.54. The fourth-order valence-electron chi connectivity index (χ4n) is 1.10. The van der Waals surface area contributed by atoms with Crippen molar-refractivity contribution in [2.24, 2.45) is 0 Å². The topological polar surface area (TPSA) is 74.7 Å². The van der Waals surface area contributed by atoms with Crippen LogP contribution in [0.25, 0.3) is 0 Å². The number of carbonyl (C=O) groups is 3. The normalized spacial score (nSPS) is 9.45. The maximum atomic E-state index is 11.8. The molecule has 1 N–H and O–H groups in total. The fraction of sp³-hybridized carbons (Fsp3) is 0.400. The highest BCUT2D eigenvalue weighted by Gasteiger charge is 2.14. The Labute approximate surface area is 121 Å². The fourth-order valence-corrected chi connectivity index (χ4v) is 1.10. The van der Waals surface area contributed by atoms with Crippen LogP contribution in [0, 0.1) is 0 Å². The number of rotatable bonds is 7. The van der Waals surface area contributed by atoms with Crippen molar-refractivity contribution in [2.45, 2.75) is 20.3 Å². The van der Waals surface area contributed by atoms with Crippen LogP contribution in [0.15, 0.2) is 36.5 Å². The third-order valence-electron chi connectivity index (χ3n) is 2.02. The van der Waals surface area contributed by atoms with Crippen molar-refractivity contribution in [2.75, 3.05) is 20.7 Å². The summed E-state index contributed by atoms with van der Waals surface area (Å²) in [5, 5.41) is 7.00. The molecule has 0 fully saturated rings. The van der Waals surface area contributed by atoms with E-state index in [4.69, 9.17) is 5.11 Å². The SMILES string of the molecule is C=C/C(C=O)=C(\C=C)C(=O)N(C)CCC=O.CC.CO. The van der Waals surface area contributed by atoms with E-state index in [0.29, 0.717) is 12.8 Å². The van der Waals surface area contributed by atoms with Crippen LogP contribution in [-0.4, -0.2) is 49.2 Å². The first-order valence-corrected chi connectivity index (χ1v) is 6.20. The minimum atomic E-state index is -0.348. The van der Waals surface area contributed by atoms with Crippen LogP contribution in [0.3, 0.4) is 0 Å². The molecule has 0 saturated carbocycles. The average molecular weight is 283 g/mol. The minimum Gasteiger partial charge on any atom is -0.400 e. The highest BCUT2D eigenvalue weighted by molar-refractivity contribution is 6.02. The molecule has 0 heterocycles. The van der Waals surface area contributed by atoms with Crippen LogP contribution in [0.2, 0.25) is 0 Å². The first-order valence-electron chi connectivity index (χ1n) is 6.20. The van der Waals surface area contributed by atoms with Crippen LogP contribution < -0.4 is 0 Å². The first-order chi connectivity index (χ1) is 9.62. The molecule has 5 nitrogen and oxygen atoms in total. The van der Waals surface area contributed by atoms with Crippen molar-refractivity contribution in [3.63, 3.8) is 0 Å². The van der Waals surface area contributed by atoms with Gasteiger partial charge in [0.2, 0.25) is 0 Å². The van der Waals surface area contributed by atoms with Gasteiger partial charge in [-0.3, -0.25) is 9.59 Å². The summed E-state index contributed by atoms with van der Waals surface area (Å²) in [7, 11) is 2.56. The van der Waals surface area contributed by atoms with Gasteiger partial charge in [0.1, 0.15) is 6.29 Å². The summed E-state index contributed by atoms with van der Waals surface area (Å²) in [6, 6.07) is 0. The molecule has 0 aliphatic heterocycles. The van der Waals surface area contributed by atoms with Gasteiger partial charge in [-0.05, 0) is 0 Å². The Morgan fingerprint density at radius 2 is 1.65 bits per heavy atom. The summed E-state index contributed by atoms with van der Waals surface area (Å²) < 4.78 is 0. The van der Waals surface area contributed by atoms with Crippen molar-refractivity contribution < 1.29 is 19.5 Å². The van der Waals surface area contributed by atoms with Crippen LogP contribution in [0.5, 0.6) is 0 Å². The van der Waals surface area contributed by atoms with E-state index in [2.05, 4.69) is 13.2 Å². The van der Waals surface area contributed by atoms with Gasteiger partial charge >= 0.3 is 0 Å². The molecule has 0 aliphatic carbocycles. The highest BCUT2D eigenvalue weighted by atomic mass is 16.2. The van der Waals surface area contributed by atoms with E-state index >= 15 is 0 Å². The van der Waals surface area contributed by atoms with Gasteiger partial charge in [-0.25, -0.2) is 0 Å². The van der Waals surface area contributed by atoms with Crippen molar-refractivity contribution in [3.05, 3.63) is 36.5 Å². The molecule has 20 heavy (non-hydrogen) atoms. The Morgan fingerprint density at radius 3 is 1.95 bits per heavy atom. The van der Waals surface area contributed by atoms with E-state index in [9.17, 15) is 14.4 Å². The largest absolute Gasteiger partial charge is 0.400 e. The number of amides is 1. The molecule has 0 radical (unpaired) electrons. The number of likely N-dealkylation sites (N-methyl/N-ethyl adjacent to an activating group) is 1. The van der Waals surface area contributed by atoms with Gasteiger partial charge in [-0.2, -0.15) is 0 Å². The molecule has 0 unspecified atom stereocenters. The van der Waals surface area contributed by atoms with Crippen molar-refractivity contribution >= 4 is 18.5 Å². The lowest BCUT2D eigenvalue weighted by molar-refractivity contribution is -0.126. The molecule has 0 aromatic heterocycles. The summed E-state index contributed by atoms with van der Waals surface area (Å²) in [5.41, 5.74) is 0.386. The first kappa shape index (κ1) is 23.1. The summed E-state index contributed by atoms with van der Waals surface area (Å²) in [4.78, 5) is 34.0. The van der Waals surface area contributed by atoms with Gasteiger partial charge in [0.25, 0.3) is 5.91 Å². The zero-order valence-electron chi connectivity index (χ0n) is 12.8. The summed E-state index contributed by atoms with van der Waals surface area (Å²) in [6.45, 7) is 11.2. The van der Waals surface area contributed by atoms with E-state index in [1.54, 1.807) is 7.05 Å². The zero-order chi connectivity index (χ0) is 16.6. The molecule has 0 atom stereocenters. The lowest BCUT2D eigenvalue weighted by atomic mass is 10.1. The van der Waals surface area contributed by atoms with E-state index < -0.39 is 0 Å². The molecular formula is C15H25NO4. The zero-order valence-corrected chi connectivity index (χ0v) is 12.8. The molecule has 114 valence electrons. The predicted molar refractivity (Wildman–Crippen MR) is 81.3 cm³/mol. The van der Waals surface area contributed by atoms with E-state index in [1.807, 2.05) is 13.8 Å². The Bertz CT molecular complexity index is 336. The standard InChI is InChI=1S/C12H15NO3.C2H6.CH4O/c1-4-10(9-15)11(5-2)12(16)13(3)7-6-8-14;2*1-2/h4-5,8-9H,1-2,6-7H2,3H3;1-2H3;2H,1H3/b11-10-;;. The van der Waals surface area contributed by atoms with E-state index in [1.165, 1.54) is 17.1 Å². The maximum absolute atomic E-state index is 11.8. The highest BCUT2D eigenvalue weighted by Crippen LogP contribution is 2.08. The Kier molecular flexibility index (Phi) is 19.6. The second-order valence-electron chi connectivity index (χ2n) is 3.08. The summed E-state index contributed by atoms with van der Waals surface area (Å²) >= 11 is 0. The third-order valence-corrected chi connectivity index (χ3v) is 2.02. The number of aldehydes is 2. The number of nitrogens with zero attached hydrogens (tertiary/aromatic N) is 1. The third kappa shape index (κ3) is 8.99. The smallest absolute Gasteiger partial charge is 0.254 e. The Morgan fingerprint density at radius 1 is 1.15 bits per heavy atom. The van der Waals surface area contributed by atoms with E-state index in [-0.39, 0.29) is 23.5 Å². The van der Waals surface area contributed by atoms with Crippen molar-refractivity contribution in [3.8, 4) is 0 Å². The lowest BCUT2D eigenvalue weighted by Gasteiger charge is -2.16. The summed E-state index contributed by atoms with van der Waals surface area (Å²) in [5.74, 6) is -0.348. The second-order valence-corrected chi connectivity index (χ2v) is 3.08. The number of allylic oxidation sites excluding steroid dienone is 2. The molecule has 0 rings (SSSR count). The quantitative estimate of drug-likeness (QED) is 0.437. The van der Waals surface area contributed by atoms with Gasteiger partial charge in [0, 0.05) is 38.3 Å². The number of hydrogen-bond donors (Lipinski definition) is 1. The molecule has 0 aromatic rings. The maximum Gasteiger partial charge on any atom is 0.254 e. The molecule has 0 aromatic carbocycles. The molecule has 0 aliphatic rings. The average Bonchev–Trinajstić information content (AvgIpc) is 2.53. The van der Waals surface area contributed by atoms with Gasteiger partial charge in [0.05, 0.1) is 0 Å². The van der Waals surface area contributed by atoms with Crippen LogP contribution >= 0.6 is 0 Å². The van der Waals surface area contributed by atoms with Crippen LogP contribution in [0.4, 0.5) is 0 Å². The minimum absolute atomic E-state index is 0.193. The van der Waals surface area contributed by atoms with Crippen molar-refractivity contribution in [1.82, 2.24) is 4.90 Å². The lowest BCUT2D eigenvalue weighted by Crippen LogP contribution is -2.29. The monoisotopic (exact) mass is 283 g/mol.